The minimum Gasteiger partial charge on any atom is -0.479 e. The Labute approximate surface area is 96.0 Å². The van der Waals surface area contributed by atoms with Gasteiger partial charge in [-0.2, -0.15) is 4.98 Å². The van der Waals surface area contributed by atoms with E-state index in [4.69, 9.17) is 15.2 Å². The molecule has 1 aromatic rings. The normalized spacial score (nSPS) is 12.2. The van der Waals surface area contributed by atoms with E-state index in [2.05, 4.69) is 17.2 Å². The number of nitrogens with two attached hydrogens (primary N) is 1. The zero-order chi connectivity index (χ0) is 12.0. The molecule has 0 radical (unpaired) electrons. The van der Waals surface area contributed by atoms with Crippen LogP contribution in [-0.4, -0.2) is 32.4 Å². The van der Waals surface area contributed by atoms with Gasteiger partial charge in [-0.25, -0.2) is 0 Å². The molecule has 0 amide bonds. The summed E-state index contributed by atoms with van der Waals surface area (Å²) in [5.74, 6) is 1.63. The third-order valence-electron chi connectivity index (χ3n) is 2.17. The highest BCUT2D eigenvalue weighted by Gasteiger charge is 2.04. The summed E-state index contributed by atoms with van der Waals surface area (Å²) in [5.41, 5.74) is 6.21. The van der Waals surface area contributed by atoms with Crippen molar-refractivity contribution < 1.29 is 9.47 Å². The van der Waals surface area contributed by atoms with Crippen molar-refractivity contribution in [3.8, 4) is 5.88 Å². The van der Waals surface area contributed by atoms with Crippen molar-refractivity contribution in [2.24, 2.45) is 5.92 Å². The quantitative estimate of drug-likeness (QED) is 0.765. The molecule has 5 heteroatoms. The number of aromatic nitrogens is 1. The Bertz CT molecular complexity index is 331. The van der Waals surface area contributed by atoms with Crippen LogP contribution in [0, 0.1) is 5.92 Å². The van der Waals surface area contributed by atoms with Gasteiger partial charge in [0.05, 0.1) is 19.4 Å². The Morgan fingerprint density at radius 2 is 2.19 bits per heavy atom. The van der Waals surface area contributed by atoms with Gasteiger partial charge in [0.15, 0.2) is 0 Å². The van der Waals surface area contributed by atoms with Gasteiger partial charge < -0.3 is 20.5 Å². The minimum atomic E-state index is 0.426. The maximum atomic E-state index is 5.67. The van der Waals surface area contributed by atoms with Crippen molar-refractivity contribution in [1.29, 1.82) is 0 Å². The number of nitrogens with zero attached hydrogens (tertiary/aromatic N) is 1. The summed E-state index contributed by atoms with van der Waals surface area (Å²) in [6.45, 7) is 3.62. The van der Waals surface area contributed by atoms with E-state index < -0.39 is 0 Å². The molecule has 1 atom stereocenters. The van der Waals surface area contributed by atoms with Gasteiger partial charge in [0.1, 0.15) is 5.82 Å². The van der Waals surface area contributed by atoms with Gasteiger partial charge in [0.2, 0.25) is 5.88 Å². The summed E-state index contributed by atoms with van der Waals surface area (Å²) in [4.78, 5) is 4.22. The predicted molar refractivity (Wildman–Crippen MR) is 64.7 cm³/mol. The zero-order valence-electron chi connectivity index (χ0n) is 9.99. The summed E-state index contributed by atoms with van der Waals surface area (Å²) in [7, 11) is 3.25. The van der Waals surface area contributed by atoms with E-state index in [9.17, 15) is 0 Å². The molecule has 0 saturated carbocycles. The first kappa shape index (κ1) is 12.6. The Morgan fingerprint density at radius 1 is 1.44 bits per heavy atom. The molecule has 1 heterocycles. The van der Waals surface area contributed by atoms with Gasteiger partial charge in [-0.1, -0.05) is 6.92 Å². The van der Waals surface area contributed by atoms with Crippen LogP contribution < -0.4 is 15.8 Å². The van der Waals surface area contributed by atoms with Crippen molar-refractivity contribution in [3.05, 3.63) is 12.1 Å². The Hall–Kier alpha value is -1.49. The fraction of sp³-hybridized carbons (Fsp3) is 0.545. The van der Waals surface area contributed by atoms with E-state index in [0.717, 1.165) is 19.0 Å². The number of methoxy groups -OCH3 is 2. The van der Waals surface area contributed by atoms with Crippen molar-refractivity contribution >= 4 is 11.5 Å². The Morgan fingerprint density at radius 3 is 2.81 bits per heavy atom. The van der Waals surface area contributed by atoms with E-state index in [1.54, 1.807) is 20.3 Å². The SMILES string of the molecule is COCC(C)CNc1ccc(N)c(OC)n1. The second kappa shape index (κ2) is 6.17. The van der Waals surface area contributed by atoms with Crippen LogP contribution in [0.2, 0.25) is 0 Å². The van der Waals surface area contributed by atoms with Crippen LogP contribution in [0.5, 0.6) is 5.88 Å². The average molecular weight is 225 g/mol. The van der Waals surface area contributed by atoms with Gasteiger partial charge in [-0.05, 0) is 18.1 Å². The van der Waals surface area contributed by atoms with Crippen LogP contribution in [0.1, 0.15) is 6.92 Å². The molecule has 0 aliphatic carbocycles. The topological polar surface area (TPSA) is 69.4 Å². The fourth-order valence-electron chi connectivity index (χ4n) is 1.34. The molecule has 0 saturated heterocycles. The minimum absolute atomic E-state index is 0.426. The zero-order valence-corrected chi connectivity index (χ0v) is 9.99. The number of nitrogen functional groups attached to an aromatic ring is 1. The molecule has 0 bridgehead atoms. The maximum Gasteiger partial charge on any atom is 0.238 e. The molecule has 0 spiro atoms. The lowest BCUT2D eigenvalue weighted by Crippen LogP contribution is -2.16. The van der Waals surface area contributed by atoms with E-state index in [-0.39, 0.29) is 0 Å². The molecule has 16 heavy (non-hydrogen) atoms. The number of anilines is 2. The third kappa shape index (κ3) is 3.58. The van der Waals surface area contributed by atoms with E-state index in [1.807, 2.05) is 6.07 Å². The van der Waals surface area contributed by atoms with Crippen molar-refractivity contribution in [3.63, 3.8) is 0 Å². The molecule has 5 nitrogen and oxygen atoms in total. The maximum absolute atomic E-state index is 5.67. The predicted octanol–water partition coefficient (Wildman–Crippen LogP) is 1.37. The number of nitrogens with one attached hydrogen (secondary N) is 1. The van der Waals surface area contributed by atoms with Gasteiger partial charge in [0, 0.05) is 13.7 Å². The fourth-order valence-corrected chi connectivity index (χ4v) is 1.34. The Balaban J connectivity index is 2.54. The summed E-state index contributed by atoms with van der Waals surface area (Å²) in [6, 6.07) is 3.60. The van der Waals surface area contributed by atoms with Crippen LogP contribution in [0.15, 0.2) is 12.1 Å². The molecule has 0 aromatic carbocycles. The molecule has 3 N–H and O–H groups in total. The molecule has 1 aromatic heterocycles. The number of rotatable bonds is 6. The van der Waals surface area contributed by atoms with Crippen molar-refractivity contribution in [2.75, 3.05) is 38.4 Å². The van der Waals surface area contributed by atoms with Gasteiger partial charge >= 0.3 is 0 Å². The summed E-state index contributed by atoms with van der Waals surface area (Å²) in [6.07, 6.45) is 0. The molecular formula is C11H19N3O2. The van der Waals surface area contributed by atoms with E-state index in [1.165, 1.54) is 0 Å². The first-order valence-corrected chi connectivity index (χ1v) is 5.20. The summed E-state index contributed by atoms with van der Waals surface area (Å²) in [5, 5.41) is 3.20. The highest BCUT2D eigenvalue weighted by molar-refractivity contribution is 5.53. The van der Waals surface area contributed by atoms with Crippen LogP contribution in [0.25, 0.3) is 0 Å². The van der Waals surface area contributed by atoms with Gasteiger partial charge in [-0.3, -0.25) is 0 Å². The smallest absolute Gasteiger partial charge is 0.238 e. The third-order valence-corrected chi connectivity index (χ3v) is 2.17. The average Bonchev–Trinajstić information content (AvgIpc) is 2.28. The largest absolute Gasteiger partial charge is 0.479 e. The number of hydrogen-bond donors (Lipinski definition) is 2. The van der Waals surface area contributed by atoms with E-state index >= 15 is 0 Å². The standard InChI is InChI=1S/C11H19N3O2/c1-8(7-15-2)6-13-10-5-4-9(12)11(14-10)16-3/h4-5,8H,6-7,12H2,1-3H3,(H,13,14). The lowest BCUT2D eigenvalue weighted by atomic mass is 10.2. The lowest BCUT2D eigenvalue weighted by molar-refractivity contribution is 0.164. The first-order valence-electron chi connectivity index (χ1n) is 5.20. The number of pyridine rings is 1. The lowest BCUT2D eigenvalue weighted by Gasteiger charge is -2.12. The molecule has 90 valence electrons. The second-order valence-electron chi connectivity index (χ2n) is 3.74. The van der Waals surface area contributed by atoms with Crippen LogP contribution in [0.4, 0.5) is 11.5 Å². The summed E-state index contributed by atoms with van der Waals surface area (Å²) >= 11 is 0. The molecule has 1 unspecified atom stereocenters. The molecule has 0 aliphatic heterocycles. The highest BCUT2D eigenvalue weighted by Crippen LogP contribution is 2.20. The monoisotopic (exact) mass is 225 g/mol. The van der Waals surface area contributed by atoms with Crippen LogP contribution in [-0.2, 0) is 4.74 Å². The van der Waals surface area contributed by atoms with Gasteiger partial charge in [-0.15, -0.1) is 0 Å². The molecule has 0 aliphatic rings. The number of hydrogen-bond acceptors (Lipinski definition) is 5. The number of ether oxygens (including phenoxy) is 2. The van der Waals surface area contributed by atoms with Crippen LogP contribution in [0.3, 0.4) is 0 Å². The first-order chi connectivity index (χ1) is 7.67. The molecule has 0 fully saturated rings. The molecular weight excluding hydrogens is 206 g/mol. The Kier molecular flexibility index (Phi) is 4.85. The van der Waals surface area contributed by atoms with Gasteiger partial charge in [0.25, 0.3) is 0 Å². The highest BCUT2D eigenvalue weighted by atomic mass is 16.5. The van der Waals surface area contributed by atoms with Crippen molar-refractivity contribution in [2.45, 2.75) is 6.92 Å². The molecule has 1 rings (SSSR count). The second-order valence-corrected chi connectivity index (χ2v) is 3.74. The van der Waals surface area contributed by atoms with E-state index in [0.29, 0.717) is 17.5 Å². The van der Waals surface area contributed by atoms with Crippen molar-refractivity contribution in [1.82, 2.24) is 4.98 Å². The van der Waals surface area contributed by atoms with Crippen LogP contribution >= 0.6 is 0 Å². The summed E-state index contributed by atoms with van der Waals surface area (Å²) < 4.78 is 10.1.